The van der Waals surface area contributed by atoms with Gasteiger partial charge < -0.3 is 14.2 Å². The molecule has 6 nitrogen and oxygen atoms in total. The molecule has 0 amide bonds. The van der Waals surface area contributed by atoms with Crippen LogP contribution < -0.4 is 19.5 Å². The first-order valence-electron chi connectivity index (χ1n) is 10.3. The van der Waals surface area contributed by atoms with Crippen molar-refractivity contribution in [3.05, 3.63) is 81.9 Å². The molecule has 0 saturated carbocycles. The topological polar surface area (TPSA) is 78.9 Å². The third kappa shape index (κ3) is 4.53. The van der Waals surface area contributed by atoms with E-state index in [1.165, 1.54) is 21.3 Å². The second kappa shape index (κ2) is 9.97. The minimum atomic E-state index is -2.56. The molecule has 0 radical (unpaired) electrons. The molecule has 3 aromatic rings. The first-order valence-corrected chi connectivity index (χ1v) is 11.5. The minimum absolute atomic E-state index is 0.130. The van der Waals surface area contributed by atoms with Gasteiger partial charge in [-0.2, -0.15) is 0 Å². The summed E-state index contributed by atoms with van der Waals surface area (Å²) in [6.07, 6.45) is 0. The maximum absolute atomic E-state index is 13.7. The first kappa shape index (κ1) is 24.1. The Morgan fingerprint density at radius 1 is 0.758 bits per heavy atom. The van der Waals surface area contributed by atoms with Gasteiger partial charge in [0.15, 0.2) is 11.5 Å². The highest BCUT2D eigenvalue weighted by Crippen LogP contribution is 2.39. The van der Waals surface area contributed by atoms with Crippen molar-refractivity contribution in [2.75, 3.05) is 21.3 Å². The standard InChI is InChI=1S/C26H26O6P/c1-15-13-16(2)22(17(3)14-15)26(28)33(29)21-10-8-7-9-18(21)24(27)23-19(30-4)11-12-20(31-5)25(23)32-6/h7-14H,1-6H3/q+1. The van der Waals surface area contributed by atoms with E-state index in [9.17, 15) is 14.2 Å². The zero-order chi connectivity index (χ0) is 24.3. The molecule has 0 saturated heterocycles. The molecule has 0 aliphatic carbocycles. The Morgan fingerprint density at radius 3 is 1.91 bits per heavy atom. The van der Waals surface area contributed by atoms with Crippen LogP contribution in [0, 0.1) is 20.8 Å². The average molecular weight is 465 g/mol. The number of carbonyl (C=O) groups excluding carboxylic acids is 2. The van der Waals surface area contributed by atoms with Crippen LogP contribution in [0.25, 0.3) is 0 Å². The summed E-state index contributed by atoms with van der Waals surface area (Å²) in [6.45, 7) is 5.58. The lowest BCUT2D eigenvalue weighted by Crippen LogP contribution is -2.18. The van der Waals surface area contributed by atoms with E-state index in [0.29, 0.717) is 11.3 Å². The van der Waals surface area contributed by atoms with Gasteiger partial charge >= 0.3 is 13.3 Å². The van der Waals surface area contributed by atoms with Gasteiger partial charge in [0, 0.05) is 0 Å². The summed E-state index contributed by atoms with van der Waals surface area (Å²) in [6, 6.07) is 13.4. The number of ether oxygens (including phenoxy) is 3. The van der Waals surface area contributed by atoms with Crippen molar-refractivity contribution in [3.63, 3.8) is 0 Å². The lowest BCUT2D eigenvalue weighted by Gasteiger charge is -2.15. The lowest BCUT2D eigenvalue weighted by atomic mass is 10.0. The summed E-state index contributed by atoms with van der Waals surface area (Å²) in [5, 5.41) is 0.161. The van der Waals surface area contributed by atoms with Crippen molar-refractivity contribution >= 4 is 24.4 Å². The SMILES string of the molecule is COc1ccc(OC)c(C(=O)c2ccccc2[P+](=O)C(=O)c2c(C)cc(C)cc2C)c1OC. The van der Waals surface area contributed by atoms with E-state index in [2.05, 4.69) is 0 Å². The van der Waals surface area contributed by atoms with Crippen LogP contribution in [-0.2, 0) is 4.57 Å². The fraction of sp³-hybridized carbons (Fsp3) is 0.231. The zero-order valence-corrected chi connectivity index (χ0v) is 20.4. The molecule has 0 aliphatic heterocycles. The Hall–Kier alpha value is -3.50. The van der Waals surface area contributed by atoms with Crippen LogP contribution >= 0.6 is 7.80 Å². The summed E-state index contributed by atoms with van der Waals surface area (Å²) in [7, 11) is 1.77. The number of aryl methyl sites for hydroxylation is 3. The predicted octanol–water partition coefficient (Wildman–Crippen LogP) is 5.16. The smallest absolute Gasteiger partial charge is 0.459 e. The minimum Gasteiger partial charge on any atom is -0.496 e. The van der Waals surface area contributed by atoms with Crippen molar-refractivity contribution < 1.29 is 28.4 Å². The molecule has 0 aromatic heterocycles. The van der Waals surface area contributed by atoms with Gasteiger partial charge in [0.2, 0.25) is 11.1 Å². The molecule has 33 heavy (non-hydrogen) atoms. The monoisotopic (exact) mass is 465 g/mol. The van der Waals surface area contributed by atoms with Gasteiger partial charge in [-0.25, -0.2) is 4.79 Å². The van der Waals surface area contributed by atoms with Crippen molar-refractivity contribution in [2.24, 2.45) is 0 Å². The first-order chi connectivity index (χ1) is 15.7. The Bertz CT molecular complexity index is 1240. The van der Waals surface area contributed by atoms with Crippen molar-refractivity contribution in [2.45, 2.75) is 20.8 Å². The van der Waals surface area contributed by atoms with Crippen LogP contribution in [0.1, 0.15) is 43.0 Å². The highest BCUT2D eigenvalue weighted by atomic mass is 31.1. The molecule has 3 rings (SSSR count). The van der Waals surface area contributed by atoms with E-state index < -0.39 is 19.1 Å². The second-order valence-corrected chi connectivity index (χ2v) is 9.07. The third-order valence-corrected chi connectivity index (χ3v) is 6.82. The molecule has 0 spiro atoms. The number of hydrogen-bond donors (Lipinski definition) is 0. The van der Waals surface area contributed by atoms with Crippen LogP contribution in [0.3, 0.4) is 0 Å². The maximum Gasteiger partial charge on any atom is 0.459 e. The quantitative estimate of drug-likeness (QED) is 0.338. The Kier molecular flexibility index (Phi) is 7.29. The van der Waals surface area contributed by atoms with E-state index >= 15 is 0 Å². The van der Waals surface area contributed by atoms with Gasteiger partial charge in [-0.05, 0) is 56.2 Å². The number of rotatable bonds is 8. The third-order valence-electron chi connectivity index (χ3n) is 5.40. The van der Waals surface area contributed by atoms with Gasteiger partial charge in [0.05, 0.1) is 32.5 Å². The fourth-order valence-electron chi connectivity index (χ4n) is 4.00. The summed E-state index contributed by atoms with van der Waals surface area (Å²) in [5.41, 5.74) is 2.70. The number of ketones is 1. The zero-order valence-electron chi connectivity index (χ0n) is 19.5. The van der Waals surface area contributed by atoms with E-state index in [0.717, 1.165) is 16.7 Å². The number of carbonyl (C=O) groups is 2. The molecule has 0 bridgehead atoms. The van der Waals surface area contributed by atoms with E-state index in [1.807, 2.05) is 32.9 Å². The number of benzene rings is 3. The van der Waals surface area contributed by atoms with Crippen molar-refractivity contribution in [3.8, 4) is 17.2 Å². The van der Waals surface area contributed by atoms with Gasteiger partial charge in [-0.3, -0.25) is 4.79 Å². The van der Waals surface area contributed by atoms with Crippen LogP contribution in [0.4, 0.5) is 0 Å². The Labute approximate surface area is 194 Å². The second-order valence-electron chi connectivity index (χ2n) is 7.60. The van der Waals surface area contributed by atoms with Gasteiger partial charge in [-0.1, -0.05) is 34.4 Å². The Balaban J connectivity index is 2.15. The van der Waals surface area contributed by atoms with Crippen LogP contribution in [-0.4, -0.2) is 32.6 Å². The average Bonchev–Trinajstić information content (AvgIpc) is 2.81. The highest BCUT2D eigenvalue weighted by molar-refractivity contribution is 7.71. The molecule has 1 unspecified atom stereocenters. The lowest BCUT2D eigenvalue weighted by molar-refractivity contribution is 0.103. The van der Waals surface area contributed by atoms with E-state index in [1.54, 1.807) is 36.4 Å². The van der Waals surface area contributed by atoms with Gasteiger partial charge in [0.25, 0.3) is 0 Å². The molecule has 0 fully saturated rings. The largest absolute Gasteiger partial charge is 0.496 e. The molecule has 1 atom stereocenters. The highest BCUT2D eigenvalue weighted by Gasteiger charge is 2.39. The number of hydrogen-bond acceptors (Lipinski definition) is 6. The van der Waals surface area contributed by atoms with Crippen LogP contribution in [0.2, 0.25) is 0 Å². The van der Waals surface area contributed by atoms with Crippen molar-refractivity contribution in [1.82, 2.24) is 0 Å². The molecule has 170 valence electrons. The van der Waals surface area contributed by atoms with Crippen molar-refractivity contribution in [1.29, 1.82) is 0 Å². The van der Waals surface area contributed by atoms with E-state index in [4.69, 9.17) is 14.2 Å². The van der Waals surface area contributed by atoms with E-state index in [-0.39, 0.29) is 27.9 Å². The normalized spacial score (nSPS) is 11.0. The molecule has 3 aromatic carbocycles. The van der Waals surface area contributed by atoms with Crippen LogP contribution in [0.5, 0.6) is 17.2 Å². The molecule has 0 heterocycles. The summed E-state index contributed by atoms with van der Waals surface area (Å²) < 4.78 is 29.7. The summed E-state index contributed by atoms with van der Waals surface area (Å²) in [4.78, 5) is 27.0. The predicted molar refractivity (Wildman–Crippen MR) is 128 cm³/mol. The van der Waals surface area contributed by atoms with Crippen LogP contribution in [0.15, 0.2) is 48.5 Å². The molecular weight excluding hydrogens is 439 g/mol. The summed E-state index contributed by atoms with van der Waals surface area (Å²) >= 11 is 0. The number of methoxy groups -OCH3 is 3. The molecule has 7 heteroatoms. The maximum atomic E-state index is 13.7. The molecule has 0 N–H and O–H groups in total. The molecular formula is C26H26O6P+. The molecule has 0 aliphatic rings. The van der Waals surface area contributed by atoms with Gasteiger partial charge in [0.1, 0.15) is 11.3 Å². The van der Waals surface area contributed by atoms with Gasteiger partial charge in [-0.15, -0.1) is 0 Å². The fourth-order valence-corrected chi connectivity index (χ4v) is 5.39. The Morgan fingerprint density at radius 2 is 1.33 bits per heavy atom. The summed E-state index contributed by atoms with van der Waals surface area (Å²) in [5.74, 6) is 0.347.